The number of nitrogens with zero attached hydrogens (tertiary/aromatic N) is 5. The van der Waals surface area contributed by atoms with Crippen LogP contribution < -0.4 is 5.69 Å². The molecule has 3 aromatic rings. The van der Waals surface area contributed by atoms with E-state index in [1.165, 1.54) is 18.2 Å². The van der Waals surface area contributed by atoms with Gasteiger partial charge in [0.15, 0.2) is 0 Å². The number of benzene rings is 1. The van der Waals surface area contributed by atoms with Gasteiger partial charge in [0, 0.05) is 17.3 Å². The highest BCUT2D eigenvalue weighted by Crippen LogP contribution is 2.56. The first-order valence-electron chi connectivity index (χ1n) is 10.8. The summed E-state index contributed by atoms with van der Waals surface area (Å²) in [6, 6.07) is 4.95. The minimum Gasteiger partial charge on any atom is -0.493 e. The molecule has 2 bridgehead atoms. The lowest BCUT2D eigenvalue weighted by Gasteiger charge is -2.36. The van der Waals surface area contributed by atoms with E-state index in [-0.39, 0.29) is 33.5 Å². The summed E-state index contributed by atoms with van der Waals surface area (Å²) in [6.07, 6.45) is -6.43. The first-order chi connectivity index (χ1) is 18.0. The summed E-state index contributed by atoms with van der Waals surface area (Å²) in [5.74, 6) is -24.9. The van der Waals surface area contributed by atoms with Crippen LogP contribution in [-0.4, -0.2) is 60.5 Å². The van der Waals surface area contributed by atoms with Gasteiger partial charge in [0.05, 0.1) is 24.0 Å². The molecule has 0 spiro atoms. The van der Waals surface area contributed by atoms with E-state index in [1.54, 1.807) is 6.07 Å². The maximum atomic E-state index is 14.4. The van der Waals surface area contributed by atoms with Gasteiger partial charge in [-0.25, -0.2) is 14.3 Å². The van der Waals surface area contributed by atoms with Crippen molar-refractivity contribution in [2.45, 2.75) is 42.4 Å². The molecule has 2 atom stereocenters. The minimum atomic E-state index is -7.25. The molecule has 1 fully saturated rings. The van der Waals surface area contributed by atoms with Crippen LogP contribution in [0.1, 0.15) is 29.9 Å². The quantitative estimate of drug-likeness (QED) is 0.481. The number of aromatic nitrogens is 3. The van der Waals surface area contributed by atoms with Crippen molar-refractivity contribution in [3.05, 3.63) is 52.3 Å². The van der Waals surface area contributed by atoms with E-state index in [1.807, 2.05) is 6.07 Å². The predicted molar refractivity (Wildman–Crippen MR) is 111 cm³/mol. The van der Waals surface area contributed by atoms with Crippen LogP contribution in [0.4, 0.5) is 39.5 Å². The number of likely N-dealkylation sites (tertiary alicyclic amines) is 1. The van der Waals surface area contributed by atoms with Gasteiger partial charge in [0.25, 0.3) is 0 Å². The van der Waals surface area contributed by atoms with E-state index in [0.717, 1.165) is 10.8 Å². The monoisotopic (exact) mass is 565 g/mol. The average Bonchev–Trinajstić information content (AvgIpc) is 3.53. The fourth-order valence-electron chi connectivity index (χ4n) is 5.02. The number of nitriles is 1. The minimum absolute atomic E-state index is 0.0377. The number of hydrogen-bond donors (Lipinski definition) is 1. The normalized spacial score (nSPS) is 19.4. The second kappa shape index (κ2) is 7.90. The summed E-state index contributed by atoms with van der Waals surface area (Å²) in [5.41, 5.74) is -1.59. The summed E-state index contributed by atoms with van der Waals surface area (Å²) >= 11 is 0. The Morgan fingerprint density at radius 3 is 2.23 bits per heavy atom. The number of rotatable bonds is 4. The van der Waals surface area contributed by atoms with Gasteiger partial charge in [-0.2, -0.15) is 44.8 Å². The second-order valence-electron chi connectivity index (χ2n) is 8.93. The Morgan fingerprint density at radius 2 is 1.64 bits per heavy atom. The molecular formula is C22H12F9N5O3. The van der Waals surface area contributed by atoms with Gasteiger partial charge >= 0.3 is 35.5 Å². The number of pyridine rings is 1. The number of alkyl halides is 9. The van der Waals surface area contributed by atoms with Gasteiger partial charge in [-0.1, -0.05) is 24.3 Å². The second-order valence-corrected chi connectivity index (χ2v) is 8.93. The number of fused-ring (bicyclic) bond motifs is 6. The fraction of sp³-hybridized carbons (Fsp3) is 0.364. The lowest BCUT2D eigenvalue weighted by atomic mass is 10.0. The zero-order valence-electron chi connectivity index (χ0n) is 18.9. The molecule has 206 valence electrons. The van der Waals surface area contributed by atoms with Gasteiger partial charge in [-0.3, -0.25) is 9.36 Å². The van der Waals surface area contributed by atoms with Crippen molar-refractivity contribution in [3.63, 3.8) is 0 Å². The zero-order chi connectivity index (χ0) is 28.9. The Balaban J connectivity index is 1.58. The van der Waals surface area contributed by atoms with E-state index in [0.29, 0.717) is 4.57 Å². The molecular weight excluding hydrogens is 553 g/mol. The van der Waals surface area contributed by atoms with Crippen LogP contribution >= 0.6 is 0 Å². The van der Waals surface area contributed by atoms with Crippen LogP contribution in [0.25, 0.3) is 16.5 Å². The molecule has 1 saturated heterocycles. The summed E-state index contributed by atoms with van der Waals surface area (Å²) in [7, 11) is 0. The molecule has 0 saturated carbocycles. The van der Waals surface area contributed by atoms with Crippen LogP contribution in [0, 0.1) is 11.3 Å². The third-order valence-corrected chi connectivity index (χ3v) is 6.85. The molecule has 1 aromatic carbocycles. The van der Waals surface area contributed by atoms with Gasteiger partial charge < -0.3 is 10.0 Å². The molecule has 17 heteroatoms. The topological polar surface area (TPSA) is 104 Å². The number of hydrogen-bond acceptors (Lipinski definition) is 5. The number of aromatic hydroxyl groups is 1. The van der Waals surface area contributed by atoms with Crippen molar-refractivity contribution < 1.29 is 49.4 Å². The van der Waals surface area contributed by atoms with Crippen LogP contribution in [0.5, 0.6) is 5.88 Å². The Hall–Kier alpha value is -4.23. The summed E-state index contributed by atoms with van der Waals surface area (Å²) in [5, 5.41) is 20.7. The molecule has 39 heavy (non-hydrogen) atoms. The van der Waals surface area contributed by atoms with Crippen LogP contribution in [0.3, 0.4) is 0 Å². The largest absolute Gasteiger partial charge is 0.493 e. The van der Waals surface area contributed by atoms with E-state index in [9.17, 15) is 59.5 Å². The summed E-state index contributed by atoms with van der Waals surface area (Å²) < 4.78 is 122. The lowest BCUT2D eigenvalue weighted by molar-refractivity contribution is -0.389. The highest BCUT2D eigenvalue weighted by Gasteiger charge is 2.84. The van der Waals surface area contributed by atoms with Crippen LogP contribution in [0.15, 0.2) is 35.3 Å². The molecule has 2 aromatic heterocycles. The van der Waals surface area contributed by atoms with Crippen molar-refractivity contribution in [2.75, 3.05) is 6.54 Å². The van der Waals surface area contributed by atoms with Crippen molar-refractivity contribution >= 4 is 16.7 Å². The molecule has 1 N–H and O–H groups in total. The Morgan fingerprint density at radius 1 is 1.03 bits per heavy atom. The maximum Gasteiger partial charge on any atom is 0.460 e. The lowest BCUT2D eigenvalue weighted by Crippen LogP contribution is -2.65. The van der Waals surface area contributed by atoms with Crippen molar-refractivity contribution in [1.82, 2.24) is 19.0 Å². The first kappa shape index (κ1) is 26.4. The highest BCUT2D eigenvalue weighted by molar-refractivity contribution is 5.93. The summed E-state index contributed by atoms with van der Waals surface area (Å²) in [4.78, 5) is 29.5. The highest BCUT2D eigenvalue weighted by atomic mass is 19.4. The van der Waals surface area contributed by atoms with Crippen LogP contribution in [-0.2, 0) is 4.79 Å². The number of amides is 1. The molecule has 5 rings (SSSR count). The molecule has 8 nitrogen and oxygen atoms in total. The van der Waals surface area contributed by atoms with E-state index in [2.05, 4.69) is 4.98 Å². The van der Waals surface area contributed by atoms with E-state index >= 15 is 0 Å². The zero-order valence-corrected chi connectivity index (χ0v) is 18.9. The average molecular weight is 565 g/mol. The molecule has 1 unspecified atom stereocenters. The van der Waals surface area contributed by atoms with Gasteiger partial charge in [-0.15, -0.1) is 0 Å². The standard InChI is InChI=1S/C22H12F9N5O3/c23-19(24,20(25,26)21(27,28)22(29,30)31)17(38)34-8-9-5-13(34)15-16(37)36(18(39)35(9)15)14-7-33-12(6-32)10-3-1-2-4-11(10)14/h1-4,7,9,13,37H,5,8H2/t9-,13?/m1/s1. The molecule has 4 heterocycles. The molecule has 2 aliphatic rings. The molecule has 0 aliphatic carbocycles. The van der Waals surface area contributed by atoms with Crippen molar-refractivity contribution in [3.8, 4) is 17.6 Å². The number of imidazole rings is 1. The third kappa shape index (κ3) is 3.23. The predicted octanol–water partition coefficient (Wildman–Crippen LogP) is 4.06. The SMILES string of the molecule is N#Cc1ncc(-n2c(O)c3n(c2=O)[C@@H]2CC3N(C(=O)C(F)(F)C(F)(F)C(F)(F)C(F)(F)F)C2)c2ccccc12. The fourth-order valence-corrected chi connectivity index (χ4v) is 5.02. The van der Waals surface area contributed by atoms with Crippen molar-refractivity contribution in [2.24, 2.45) is 0 Å². The Kier molecular flexibility index (Phi) is 5.34. The first-order valence-corrected chi connectivity index (χ1v) is 10.8. The number of carbonyl (C=O) groups excluding carboxylic acids is 1. The number of carbonyl (C=O) groups is 1. The molecule has 2 aliphatic heterocycles. The number of halogens is 9. The van der Waals surface area contributed by atoms with Gasteiger partial charge in [-0.05, 0) is 6.42 Å². The van der Waals surface area contributed by atoms with E-state index < -0.39 is 65.7 Å². The van der Waals surface area contributed by atoms with E-state index in [4.69, 9.17) is 0 Å². The van der Waals surface area contributed by atoms with Gasteiger partial charge in [0.1, 0.15) is 17.5 Å². The maximum absolute atomic E-state index is 14.4. The summed E-state index contributed by atoms with van der Waals surface area (Å²) in [6.45, 7) is -0.907. The van der Waals surface area contributed by atoms with Gasteiger partial charge in [0.2, 0.25) is 5.88 Å². The molecule has 0 radical (unpaired) electrons. The smallest absolute Gasteiger partial charge is 0.460 e. The van der Waals surface area contributed by atoms with Crippen molar-refractivity contribution in [1.29, 1.82) is 5.26 Å². The molecule has 1 amide bonds. The third-order valence-electron chi connectivity index (χ3n) is 6.85. The Bertz CT molecular complexity index is 1640. The van der Waals surface area contributed by atoms with Crippen LogP contribution in [0.2, 0.25) is 0 Å². The Labute approximate surface area is 210 Å².